The molecule has 0 aliphatic carbocycles. The van der Waals surface area contributed by atoms with Crippen LogP contribution in [0.15, 0.2) is 53.9 Å². The Balaban J connectivity index is 1.31. The number of hydrogen-bond donors (Lipinski definition) is 1. The summed E-state index contributed by atoms with van der Waals surface area (Å²) in [5, 5.41) is 2.91. The number of carbonyl (C=O) groups is 3. The van der Waals surface area contributed by atoms with Crippen LogP contribution >= 0.6 is 0 Å². The van der Waals surface area contributed by atoms with Crippen LogP contribution in [-0.2, 0) is 9.59 Å². The number of piperazine rings is 1. The summed E-state index contributed by atoms with van der Waals surface area (Å²) in [7, 11) is 4.67. The number of rotatable bonds is 6. The van der Waals surface area contributed by atoms with E-state index in [1.54, 1.807) is 36.3 Å². The Morgan fingerprint density at radius 2 is 1.84 bits per heavy atom. The molecule has 2 aromatic rings. The summed E-state index contributed by atoms with van der Waals surface area (Å²) in [4.78, 5) is 50.8. The highest BCUT2D eigenvalue weighted by molar-refractivity contribution is 6.03. The van der Waals surface area contributed by atoms with Gasteiger partial charge in [-0.15, -0.1) is 0 Å². The average molecular weight is 507 g/mol. The van der Waals surface area contributed by atoms with Gasteiger partial charge in [-0.2, -0.15) is 0 Å². The van der Waals surface area contributed by atoms with Gasteiger partial charge >= 0.3 is 6.03 Å². The molecular weight excluding hydrogens is 476 g/mol. The first-order chi connectivity index (χ1) is 17.9. The quantitative estimate of drug-likeness (QED) is 0.628. The fraction of sp³-hybridized carbons (Fsp3) is 0.385. The molecule has 3 aliphatic heterocycles. The van der Waals surface area contributed by atoms with Gasteiger partial charge in [0.05, 0.1) is 38.1 Å². The van der Waals surface area contributed by atoms with Gasteiger partial charge in [0.2, 0.25) is 5.91 Å². The molecule has 1 aromatic heterocycles. The second kappa shape index (κ2) is 10.00. The molecule has 1 atom stereocenters. The minimum Gasteiger partial charge on any atom is -0.493 e. The summed E-state index contributed by atoms with van der Waals surface area (Å²) in [6.45, 7) is 2.57. The zero-order chi connectivity index (χ0) is 26.1. The number of amides is 4. The summed E-state index contributed by atoms with van der Waals surface area (Å²) < 4.78 is 11.0. The zero-order valence-corrected chi connectivity index (χ0v) is 21.1. The van der Waals surface area contributed by atoms with Crippen LogP contribution in [0.2, 0.25) is 0 Å². The number of urea groups is 1. The topological polar surface area (TPSA) is 108 Å². The van der Waals surface area contributed by atoms with E-state index in [2.05, 4.69) is 15.2 Å². The third-order valence-electron chi connectivity index (χ3n) is 7.11. The van der Waals surface area contributed by atoms with Crippen LogP contribution < -0.4 is 19.7 Å². The molecule has 1 N–H and O–H groups in total. The molecule has 1 aromatic carbocycles. The molecule has 1 unspecified atom stereocenters. The molecule has 0 bridgehead atoms. The highest BCUT2D eigenvalue weighted by atomic mass is 16.5. The van der Waals surface area contributed by atoms with E-state index in [-0.39, 0.29) is 30.9 Å². The van der Waals surface area contributed by atoms with E-state index in [0.717, 1.165) is 5.82 Å². The van der Waals surface area contributed by atoms with Gasteiger partial charge in [-0.05, 0) is 18.2 Å². The third-order valence-corrected chi connectivity index (χ3v) is 7.11. The van der Waals surface area contributed by atoms with Gasteiger partial charge < -0.3 is 29.5 Å². The number of pyridine rings is 1. The van der Waals surface area contributed by atoms with Crippen LogP contribution in [-0.4, -0.2) is 98.1 Å². The maximum atomic E-state index is 13.6. The predicted octanol–water partition coefficient (Wildman–Crippen LogP) is 1.24. The number of nitrogens with zero attached hydrogens (tertiary/aromatic N) is 5. The Hall–Kier alpha value is -4.28. The maximum absolute atomic E-state index is 13.6. The minimum atomic E-state index is -0.724. The molecule has 1 saturated heterocycles. The van der Waals surface area contributed by atoms with Crippen molar-refractivity contribution < 1.29 is 23.9 Å². The van der Waals surface area contributed by atoms with Crippen LogP contribution in [0.3, 0.4) is 0 Å². The number of likely N-dealkylation sites (N-methyl/N-ethyl adjacent to an activating group) is 1. The van der Waals surface area contributed by atoms with Gasteiger partial charge in [0.1, 0.15) is 12.4 Å². The molecule has 4 heterocycles. The van der Waals surface area contributed by atoms with Gasteiger partial charge in [-0.3, -0.25) is 14.5 Å². The van der Waals surface area contributed by atoms with Crippen LogP contribution in [0.25, 0.3) is 0 Å². The summed E-state index contributed by atoms with van der Waals surface area (Å²) in [6, 6.07) is 10.0. The van der Waals surface area contributed by atoms with E-state index < -0.39 is 6.04 Å². The monoisotopic (exact) mass is 506 g/mol. The van der Waals surface area contributed by atoms with Gasteiger partial charge in [-0.25, -0.2) is 9.78 Å². The highest BCUT2D eigenvalue weighted by Gasteiger charge is 2.44. The Bertz CT molecular complexity index is 1240. The Morgan fingerprint density at radius 3 is 2.51 bits per heavy atom. The van der Waals surface area contributed by atoms with Gasteiger partial charge in [0.15, 0.2) is 11.5 Å². The number of para-hydroxylation sites is 1. The molecule has 0 spiro atoms. The largest absolute Gasteiger partial charge is 0.493 e. The van der Waals surface area contributed by atoms with E-state index >= 15 is 0 Å². The summed E-state index contributed by atoms with van der Waals surface area (Å²) in [5.41, 5.74) is 1.63. The second-order valence-corrected chi connectivity index (χ2v) is 9.10. The molecule has 4 amide bonds. The number of hydrogen-bond acceptors (Lipinski definition) is 7. The van der Waals surface area contributed by atoms with Gasteiger partial charge in [0, 0.05) is 45.0 Å². The lowest BCUT2D eigenvalue weighted by atomic mass is 9.94. The Morgan fingerprint density at radius 1 is 1.05 bits per heavy atom. The average Bonchev–Trinajstić information content (AvgIpc) is 3.26. The number of anilines is 1. The van der Waals surface area contributed by atoms with Gasteiger partial charge in [-0.1, -0.05) is 18.2 Å². The molecule has 3 aliphatic rings. The zero-order valence-electron chi connectivity index (χ0n) is 21.1. The molecular formula is C26H30N6O5. The molecule has 5 rings (SSSR count). The number of methoxy groups -OCH3 is 2. The summed E-state index contributed by atoms with van der Waals surface area (Å²) in [5.74, 6) is 1.43. The summed E-state index contributed by atoms with van der Waals surface area (Å²) >= 11 is 0. The third kappa shape index (κ3) is 4.41. The lowest BCUT2D eigenvalue weighted by Gasteiger charge is -2.36. The van der Waals surface area contributed by atoms with Crippen LogP contribution in [0.1, 0.15) is 11.6 Å². The lowest BCUT2D eigenvalue weighted by Crippen LogP contribution is -2.51. The second-order valence-electron chi connectivity index (χ2n) is 9.10. The van der Waals surface area contributed by atoms with E-state index in [9.17, 15) is 14.4 Å². The minimum absolute atomic E-state index is 0.0561. The molecule has 11 heteroatoms. The number of benzene rings is 1. The van der Waals surface area contributed by atoms with E-state index in [1.165, 1.54) is 24.0 Å². The van der Waals surface area contributed by atoms with Crippen molar-refractivity contribution in [2.75, 3.05) is 65.4 Å². The van der Waals surface area contributed by atoms with Gasteiger partial charge in [0.25, 0.3) is 5.91 Å². The number of nitrogens with one attached hydrogen (secondary N) is 1. The normalized spacial score (nSPS) is 19.7. The summed E-state index contributed by atoms with van der Waals surface area (Å²) in [6.07, 6.45) is 1.76. The standard InChI is InChI=1S/C26H30N6O5/c1-29-18-15-32(16-21(33)31-13-11-30(12-14-31)20-9-4-5-10-27-20)25(34)22(18)23(28-26(29)35)17-7-6-8-19(36-2)24(17)37-3/h4-10,23H,11-16H2,1-3H3,(H,28,35). The van der Waals surface area contributed by atoms with Crippen molar-refractivity contribution in [3.8, 4) is 11.5 Å². The first-order valence-electron chi connectivity index (χ1n) is 12.1. The molecule has 37 heavy (non-hydrogen) atoms. The number of aromatic nitrogens is 1. The van der Waals surface area contributed by atoms with Crippen molar-refractivity contribution in [1.82, 2.24) is 25.0 Å². The van der Waals surface area contributed by atoms with Crippen LogP contribution in [0, 0.1) is 0 Å². The fourth-order valence-corrected chi connectivity index (χ4v) is 5.11. The number of carbonyl (C=O) groups excluding carboxylic acids is 3. The van der Waals surface area contributed by atoms with Crippen LogP contribution in [0.5, 0.6) is 11.5 Å². The van der Waals surface area contributed by atoms with Crippen molar-refractivity contribution >= 4 is 23.7 Å². The lowest BCUT2D eigenvalue weighted by molar-refractivity contribution is -0.137. The maximum Gasteiger partial charge on any atom is 0.322 e. The van der Waals surface area contributed by atoms with Crippen molar-refractivity contribution in [3.63, 3.8) is 0 Å². The van der Waals surface area contributed by atoms with Crippen molar-refractivity contribution in [2.45, 2.75) is 6.04 Å². The Labute approximate surface area is 215 Å². The smallest absolute Gasteiger partial charge is 0.322 e. The molecule has 0 saturated carbocycles. The van der Waals surface area contributed by atoms with Crippen LogP contribution in [0.4, 0.5) is 10.6 Å². The van der Waals surface area contributed by atoms with E-state index in [0.29, 0.717) is 54.5 Å². The van der Waals surface area contributed by atoms with Crippen molar-refractivity contribution in [3.05, 3.63) is 59.4 Å². The molecule has 194 valence electrons. The van der Waals surface area contributed by atoms with E-state index in [1.807, 2.05) is 18.2 Å². The first-order valence-corrected chi connectivity index (χ1v) is 12.1. The highest BCUT2D eigenvalue weighted by Crippen LogP contribution is 2.42. The number of ether oxygens (including phenoxy) is 2. The van der Waals surface area contributed by atoms with Crippen molar-refractivity contribution in [1.29, 1.82) is 0 Å². The Kier molecular flexibility index (Phi) is 6.60. The molecule has 0 radical (unpaired) electrons. The fourth-order valence-electron chi connectivity index (χ4n) is 5.11. The van der Waals surface area contributed by atoms with E-state index in [4.69, 9.17) is 9.47 Å². The van der Waals surface area contributed by atoms with Crippen molar-refractivity contribution in [2.24, 2.45) is 0 Å². The first kappa shape index (κ1) is 24.4. The SMILES string of the molecule is COc1cccc(C2NC(=O)N(C)C3=C2C(=O)N(CC(=O)N2CCN(c4ccccn4)CC2)C3)c1OC. The predicted molar refractivity (Wildman–Crippen MR) is 135 cm³/mol. The molecule has 11 nitrogen and oxygen atoms in total. The molecule has 1 fully saturated rings.